The van der Waals surface area contributed by atoms with Crippen LogP contribution in [0.25, 0.3) is 10.9 Å². The van der Waals surface area contributed by atoms with Crippen molar-refractivity contribution in [1.82, 2.24) is 20.1 Å². The Labute approximate surface area is 222 Å². The molecule has 1 fully saturated rings. The van der Waals surface area contributed by atoms with Crippen LogP contribution in [0.5, 0.6) is 0 Å². The number of rotatable bonds is 6. The van der Waals surface area contributed by atoms with Crippen LogP contribution in [0.4, 0.5) is 18.9 Å². The van der Waals surface area contributed by atoms with Crippen molar-refractivity contribution in [1.29, 1.82) is 0 Å². The number of alkyl halides is 3. The minimum atomic E-state index is -4.60. The van der Waals surface area contributed by atoms with Gasteiger partial charge in [-0.25, -0.2) is 4.98 Å². The molecule has 2 heterocycles. The van der Waals surface area contributed by atoms with E-state index in [-0.39, 0.29) is 34.9 Å². The van der Waals surface area contributed by atoms with Crippen LogP contribution in [0, 0.1) is 0 Å². The third-order valence-electron chi connectivity index (χ3n) is 6.19. The van der Waals surface area contributed by atoms with Crippen LogP contribution < -0.4 is 10.6 Å². The maximum Gasteiger partial charge on any atom is 0.433 e. The van der Waals surface area contributed by atoms with Gasteiger partial charge in [0.25, 0.3) is 5.91 Å². The number of anilines is 1. The van der Waals surface area contributed by atoms with E-state index in [9.17, 15) is 23.1 Å². The Morgan fingerprint density at radius 2 is 1.86 bits per heavy atom. The van der Waals surface area contributed by atoms with Crippen molar-refractivity contribution in [2.45, 2.75) is 76.4 Å². The molecule has 37 heavy (non-hydrogen) atoms. The summed E-state index contributed by atoms with van der Waals surface area (Å²) in [6, 6.07) is 5.17. The molecule has 0 unspecified atom stereocenters. The van der Waals surface area contributed by atoms with Crippen molar-refractivity contribution in [3.8, 4) is 0 Å². The number of nitrogens with one attached hydrogen (secondary N) is 2. The minimum absolute atomic E-state index is 0.0323. The summed E-state index contributed by atoms with van der Waals surface area (Å²) < 4.78 is 42.0. The van der Waals surface area contributed by atoms with E-state index in [0.717, 1.165) is 31.7 Å². The Morgan fingerprint density at radius 3 is 2.54 bits per heavy atom. The molecule has 2 aromatic heterocycles. The van der Waals surface area contributed by atoms with Gasteiger partial charge in [0, 0.05) is 34.4 Å². The zero-order valence-electron chi connectivity index (χ0n) is 20.4. The first-order chi connectivity index (χ1) is 17.3. The second-order valence-electron chi connectivity index (χ2n) is 10.1. The van der Waals surface area contributed by atoms with Crippen LogP contribution in [0.3, 0.4) is 0 Å². The second kappa shape index (κ2) is 10.7. The van der Waals surface area contributed by atoms with Crippen molar-refractivity contribution in [3.63, 3.8) is 0 Å². The van der Waals surface area contributed by atoms with Gasteiger partial charge in [0.15, 0.2) is 5.15 Å². The number of carbonyl (C=O) groups excluding carboxylic acids is 1. The van der Waals surface area contributed by atoms with Crippen molar-refractivity contribution >= 4 is 45.7 Å². The third kappa shape index (κ3) is 7.06. The first-order valence-corrected chi connectivity index (χ1v) is 12.7. The lowest BCUT2D eigenvalue weighted by Gasteiger charge is -2.24. The van der Waals surface area contributed by atoms with E-state index in [1.807, 2.05) is 0 Å². The van der Waals surface area contributed by atoms with Crippen molar-refractivity contribution < 1.29 is 23.1 Å². The molecule has 3 aromatic rings. The number of aliphatic hydroxyl groups is 1. The van der Waals surface area contributed by atoms with Gasteiger partial charge in [-0.3, -0.25) is 9.48 Å². The van der Waals surface area contributed by atoms with Gasteiger partial charge >= 0.3 is 6.18 Å². The lowest BCUT2D eigenvalue weighted by atomic mass is 10.0. The molecular weight excluding hydrogens is 530 g/mol. The number of hydrogen-bond acceptors (Lipinski definition) is 5. The van der Waals surface area contributed by atoms with E-state index in [2.05, 4.69) is 20.7 Å². The second-order valence-corrected chi connectivity index (χ2v) is 10.9. The molecule has 0 spiro atoms. The van der Waals surface area contributed by atoms with Crippen LogP contribution in [-0.4, -0.2) is 43.5 Å². The van der Waals surface area contributed by atoms with E-state index in [0.29, 0.717) is 22.5 Å². The Kier molecular flexibility index (Phi) is 7.92. The molecule has 3 N–H and O–H groups in total. The summed E-state index contributed by atoms with van der Waals surface area (Å²) in [6.07, 6.45) is 0.549. The fraction of sp³-hybridized carbons (Fsp3) is 0.480. The standard InChI is InChI=1S/C25H28Cl2F3N5O2/c1-24(2,37)13-35-12-18(22(27)34-35)23(36)32-16-6-4-3-5-15(10-16)31-20-11-21(25(28,29)30)33-19-8-7-14(26)9-17(19)20/h7-9,11-12,15-16,37H,3-6,10,13H2,1-2H3,(H,31,33)(H,32,36)/t15-,16-/m1/s1. The molecule has 1 aromatic carbocycles. The van der Waals surface area contributed by atoms with Crippen LogP contribution in [-0.2, 0) is 12.7 Å². The highest BCUT2D eigenvalue weighted by Crippen LogP contribution is 2.35. The molecular formula is C25H28Cl2F3N5O2. The number of amides is 1. The van der Waals surface area contributed by atoms with Crippen molar-refractivity contribution in [2.24, 2.45) is 0 Å². The predicted molar refractivity (Wildman–Crippen MR) is 137 cm³/mol. The highest BCUT2D eigenvalue weighted by Gasteiger charge is 2.34. The number of benzene rings is 1. The molecule has 1 saturated carbocycles. The molecule has 4 rings (SSSR count). The van der Waals surface area contributed by atoms with E-state index in [4.69, 9.17) is 23.2 Å². The highest BCUT2D eigenvalue weighted by atomic mass is 35.5. The van der Waals surface area contributed by atoms with Crippen molar-refractivity contribution in [3.05, 3.63) is 51.9 Å². The number of halogens is 5. The maximum absolute atomic E-state index is 13.5. The summed E-state index contributed by atoms with van der Waals surface area (Å²) in [4.78, 5) is 16.7. The molecule has 200 valence electrons. The fourth-order valence-electron chi connectivity index (χ4n) is 4.60. The largest absolute Gasteiger partial charge is 0.433 e. The van der Waals surface area contributed by atoms with Gasteiger partial charge in [-0.05, 0) is 57.4 Å². The SMILES string of the molecule is CC(C)(O)Cn1cc(C(=O)N[C@@H]2CCCC[C@@H](Nc3cc(C(F)(F)F)nc4ccc(Cl)cc34)C2)c(Cl)n1. The van der Waals surface area contributed by atoms with E-state index >= 15 is 0 Å². The fourth-order valence-corrected chi connectivity index (χ4v) is 5.00. The number of aromatic nitrogens is 3. The molecule has 0 bridgehead atoms. The zero-order valence-corrected chi connectivity index (χ0v) is 21.9. The van der Waals surface area contributed by atoms with Crippen molar-refractivity contribution in [2.75, 3.05) is 5.32 Å². The summed E-state index contributed by atoms with van der Waals surface area (Å²) in [5.74, 6) is -0.391. The highest BCUT2D eigenvalue weighted by molar-refractivity contribution is 6.32. The van der Waals surface area contributed by atoms with Crippen LogP contribution in [0.1, 0.15) is 62.0 Å². The third-order valence-corrected chi connectivity index (χ3v) is 6.70. The lowest BCUT2D eigenvalue weighted by molar-refractivity contribution is -0.140. The number of pyridine rings is 1. The van der Waals surface area contributed by atoms with Crippen LogP contribution in [0.2, 0.25) is 10.2 Å². The Balaban J connectivity index is 1.52. The average molecular weight is 558 g/mol. The van der Waals surface area contributed by atoms with Gasteiger partial charge in [-0.15, -0.1) is 0 Å². The average Bonchev–Trinajstić information content (AvgIpc) is 2.99. The summed E-state index contributed by atoms with van der Waals surface area (Å²) in [6.45, 7) is 3.41. The number of fused-ring (bicyclic) bond motifs is 1. The molecule has 2 atom stereocenters. The van der Waals surface area contributed by atoms with E-state index in [1.54, 1.807) is 19.9 Å². The quantitative estimate of drug-likeness (QED) is 0.320. The first-order valence-electron chi connectivity index (χ1n) is 12.0. The molecule has 0 aliphatic heterocycles. The Morgan fingerprint density at radius 1 is 1.16 bits per heavy atom. The molecule has 0 radical (unpaired) electrons. The summed E-state index contributed by atoms with van der Waals surface area (Å²) in [5.41, 5.74) is -1.33. The van der Waals surface area contributed by atoms with E-state index < -0.39 is 23.4 Å². The smallest absolute Gasteiger partial charge is 0.389 e. The maximum atomic E-state index is 13.5. The number of nitrogens with zero attached hydrogens (tertiary/aromatic N) is 3. The Bertz CT molecular complexity index is 1290. The minimum Gasteiger partial charge on any atom is -0.389 e. The van der Waals surface area contributed by atoms with E-state index in [1.165, 1.54) is 23.0 Å². The summed E-state index contributed by atoms with van der Waals surface area (Å²) in [5, 5.41) is 21.3. The van der Waals surface area contributed by atoms with Gasteiger partial charge in [-0.2, -0.15) is 18.3 Å². The molecule has 1 aliphatic rings. The topological polar surface area (TPSA) is 92.1 Å². The summed E-state index contributed by atoms with van der Waals surface area (Å²) >= 11 is 12.3. The number of hydrogen-bond donors (Lipinski definition) is 3. The number of carbonyl (C=O) groups is 1. The molecule has 1 aliphatic carbocycles. The monoisotopic (exact) mass is 557 g/mol. The first kappa shape index (κ1) is 27.5. The lowest BCUT2D eigenvalue weighted by Crippen LogP contribution is -2.38. The van der Waals surface area contributed by atoms with Gasteiger partial charge in [0.1, 0.15) is 5.69 Å². The molecule has 12 heteroatoms. The molecule has 1 amide bonds. The van der Waals surface area contributed by atoms with Crippen LogP contribution >= 0.6 is 23.2 Å². The van der Waals surface area contributed by atoms with Gasteiger partial charge in [-0.1, -0.05) is 36.0 Å². The molecule has 0 saturated heterocycles. The Hall–Kier alpha value is -2.56. The summed E-state index contributed by atoms with van der Waals surface area (Å²) in [7, 11) is 0. The zero-order chi connectivity index (χ0) is 27.0. The van der Waals surface area contributed by atoms with Crippen LogP contribution in [0.15, 0.2) is 30.5 Å². The van der Waals surface area contributed by atoms with Gasteiger partial charge in [0.05, 0.1) is 23.2 Å². The predicted octanol–water partition coefficient (Wildman–Crippen LogP) is 6.07. The van der Waals surface area contributed by atoms with Gasteiger partial charge in [0.2, 0.25) is 0 Å². The normalized spacial score (nSPS) is 19.0. The molecule has 7 nitrogen and oxygen atoms in total. The van der Waals surface area contributed by atoms with Gasteiger partial charge < -0.3 is 15.7 Å².